The van der Waals surface area contributed by atoms with E-state index in [1.807, 2.05) is 0 Å². The second-order valence-electron chi connectivity index (χ2n) is 1.87. The predicted octanol–water partition coefficient (Wildman–Crippen LogP) is 0.499. The Balaban J connectivity index is 3.14. The Morgan fingerprint density at radius 3 is 3.09 bits per heavy atom. The largest absolute Gasteiger partial charge is 0.355 e. The molecule has 0 atom stereocenters. The van der Waals surface area contributed by atoms with E-state index in [2.05, 4.69) is 15.3 Å². The van der Waals surface area contributed by atoms with E-state index >= 15 is 0 Å². The van der Waals surface area contributed by atoms with Crippen molar-refractivity contribution in [2.45, 2.75) is 0 Å². The van der Waals surface area contributed by atoms with Gasteiger partial charge in [0.05, 0.1) is 11.9 Å². The lowest BCUT2D eigenvalue weighted by molar-refractivity contribution is 0.0962. The van der Waals surface area contributed by atoms with Gasteiger partial charge in [0.2, 0.25) is 0 Å². The minimum absolute atomic E-state index is 0.223. The summed E-state index contributed by atoms with van der Waals surface area (Å²) in [7, 11) is 1.55. The minimum Gasteiger partial charge on any atom is -0.355 e. The van der Waals surface area contributed by atoms with Gasteiger partial charge in [-0.25, -0.2) is 4.98 Å². The highest BCUT2D eigenvalue weighted by molar-refractivity contribution is 7.71. The molecule has 0 aromatic carbocycles. The summed E-state index contributed by atoms with van der Waals surface area (Å²) in [4.78, 5) is 17.4. The molecule has 0 fully saturated rings. The Bertz CT molecular complexity index is 320. The van der Waals surface area contributed by atoms with Crippen LogP contribution in [0.2, 0.25) is 0 Å². The number of amides is 1. The zero-order valence-corrected chi connectivity index (χ0v) is 6.73. The number of nitrogens with zero attached hydrogens (tertiary/aromatic N) is 1. The highest BCUT2D eigenvalue weighted by Crippen LogP contribution is 1.95. The van der Waals surface area contributed by atoms with Gasteiger partial charge in [-0.2, -0.15) is 0 Å². The van der Waals surface area contributed by atoms with Crippen LogP contribution in [-0.2, 0) is 0 Å². The molecule has 1 rings (SSSR count). The van der Waals surface area contributed by atoms with Crippen molar-refractivity contribution < 1.29 is 4.79 Å². The van der Waals surface area contributed by atoms with Gasteiger partial charge >= 0.3 is 0 Å². The van der Waals surface area contributed by atoms with E-state index in [-0.39, 0.29) is 5.91 Å². The van der Waals surface area contributed by atoms with Crippen LogP contribution in [0.5, 0.6) is 0 Å². The number of aromatic nitrogens is 2. The fraction of sp³-hybridized carbons (Fsp3) is 0.167. The molecular weight excluding hydrogens is 162 g/mol. The first-order valence-corrected chi connectivity index (χ1v) is 3.41. The Labute approximate surface area is 68.7 Å². The van der Waals surface area contributed by atoms with Crippen LogP contribution in [0.3, 0.4) is 0 Å². The maximum absolute atomic E-state index is 11.0. The van der Waals surface area contributed by atoms with Crippen molar-refractivity contribution in [1.29, 1.82) is 0 Å². The molecule has 1 amide bonds. The number of H-pyrrole nitrogens is 1. The Morgan fingerprint density at radius 2 is 2.55 bits per heavy atom. The van der Waals surface area contributed by atoms with Crippen molar-refractivity contribution in [1.82, 2.24) is 15.3 Å². The molecular formula is C6H7N3OS. The topological polar surface area (TPSA) is 57.8 Å². The maximum Gasteiger partial charge on any atom is 0.255 e. The van der Waals surface area contributed by atoms with Gasteiger partial charge in [-0.15, -0.1) is 0 Å². The summed E-state index contributed by atoms with van der Waals surface area (Å²) in [5.74, 6) is -0.223. The summed E-state index contributed by atoms with van der Waals surface area (Å²) in [5, 5.41) is 2.46. The summed E-state index contributed by atoms with van der Waals surface area (Å²) in [6.07, 6.45) is 2.87. The van der Waals surface area contributed by atoms with Gasteiger partial charge < -0.3 is 10.3 Å². The summed E-state index contributed by atoms with van der Waals surface area (Å²) in [5.41, 5.74) is 0.394. The van der Waals surface area contributed by atoms with Crippen LogP contribution >= 0.6 is 12.2 Å². The standard InChI is InChI=1S/C6H7N3OS/c1-7-5(10)4-2-8-3-9-6(4)11/h2-3H,1H3,(H,7,10)(H,8,9,11). The van der Waals surface area contributed by atoms with Gasteiger partial charge in [-0.3, -0.25) is 4.79 Å². The lowest BCUT2D eigenvalue weighted by atomic mass is 10.3. The zero-order chi connectivity index (χ0) is 8.27. The van der Waals surface area contributed by atoms with Gasteiger partial charge in [-0.05, 0) is 0 Å². The zero-order valence-electron chi connectivity index (χ0n) is 5.92. The van der Waals surface area contributed by atoms with E-state index in [0.717, 1.165) is 0 Å². The quantitative estimate of drug-likeness (QED) is 0.602. The summed E-state index contributed by atoms with van der Waals surface area (Å²) in [6.45, 7) is 0. The van der Waals surface area contributed by atoms with E-state index in [1.54, 1.807) is 7.05 Å². The molecule has 0 bridgehead atoms. The van der Waals surface area contributed by atoms with Gasteiger partial charge in [-0.1, -0.05) is 12.2 Å². The summed E-state index contributed by atoms with van der Waals surface area (Å²) in [6, 6.07) is 0. The molecule has 0 unspecified atom stereocenters. The van der Waals surface area contributed by atoms with Crippen molar-refractivity contribution in [3.05, 3.63) is 22.7 Å². The molecule has 0 aliphatic heterocycles. The molecule has 1 aromatic rings. The molecule has 5 heteroatoms. The molecule has 0 aliphatic carbocycles. The van der Waals surface area contributed by atoms with Crippen LogP contribution in [0, 0.1) is 4.64 Å². The maximum atomic E-state index is 11.0. The van der Waals surface area contributed by atoms with Gasteiger partial charge in [0, 0.05) is 13.2 Å². The average molecular weight is 169 g/mol. The molecule has 2 N–H and O–H groups in total. The summed E-state index contributed by atoms with van der Waals surface area (Å²) >= 11 is 4.84. The summed E-state index contributed by atoms with van der Waals surface area (Å²) < 4.78 is 0.402. The molecule has 1 heterocycles. The Morgan fingerprint density at radius 1 is 1.82 bits per heavy atom. The first kappa shape index (κ1) is 7.87. The highest BCUT2D eigenvalue weighted by atomic mass is 32.1. The fourth-order valence-electron chi connectivity index (χ4n) is 0.640. The lowest BCUT2D eigenvalue weighted by Gasteiger charge is -1.96. The number of aromatic amines is 1. The van der Waals surface area contributed by atoms with Gasteiger partial charge in [0.25, 0.3) is 5.91 Å². The number of nitrogens with one attached hydrogen (secondary N) is 2. The molecule has 11 heavy (non-hydrogen) atoms. The van der Waals surface area contributed by atoms with Crippen LogP contribution in [0.4, 0.5) is 0 Å². The molecule has 0 saturated carbocycles. The highest BCUT2D eigenvalue weighted by Gasteiger charge is 2.03. The van der Waals surface area contributed by atoms with E-state index in [0.29, 0.717) is 10.2 Å². The SMILES string of the molecule is CNC(=O)c1cnc[nH]c1=S. The predicted molar refractivity (Wildman–Crippen MR) is 42.8 cm³/mol. The van der Waals surface area contributed by atoms with Crippen molar-refractivity contribution in [3.63, 3.8) is 0 Å². The molecule has 4 nitrogen and oxygen atoms in total. The molecule has 58 valence electrons. The van der Waals surface area contributed by atoms with Crippen molar-refractivity contribution in [2.75, 3.05) is 7.05 Å². The monoisotopic (exact) mass is 169 g/mol. The number of carbonyl (C=O) groups excluding carboxylic acids is 1. The molecule has 0 saturated heterocycles. The second-order valence-corrected chi connectivity index (χ2v) is 2.28. The fourth-order valence-corrected chi connectivity index (χ4v) is 0.839. The molecule has 0 radical (unpaired) electrons. The van der Waals surface area contributed by atoms with Crippen LogP contribution in [0.25, 0.3) is 0 Å². The van der Waals surface area contributed by atoms with Crippen LogP contribution in [-0.4, -0.2) is 22.9 Å². The van der Waals surface area contributed by atoms with Crippen molar-refractivity contribution in [3.8, 4) is 0 Å². The first-order chi connectivity index (χ1) is 5.25. The minimum atomic E-state index is -0.223. The Kier molecular flexibility index (Phi) is 2.32. The average Bonchev–Trinajstić information content (AvgIpc) is 2.04. The Hall–Kier alpha value is -1.23. The number of hydrogen-bond acceptors (Lipinski definition) is 3. The number of carbonyl (C=O) groups is 1. The van der Waals surface area contributed by atoms with Crippen LogP contribution in [0.15, 0.2) is 12.5 Å². The third-order valence-corrected chi connectivity index (χ3v) is 1.53. The number of rotatable bonds is 1. The van der Waals surface area contributed by atoms with E-state index in [9.17, 15) is 4.79 Å². The smallest absolute Gasteiger partial charge is 0.255 e. The lowest BCUT2D eigenvalue weighted by Crippen LogP contribution is -2.18. The third kappa shape index (κ3) is 1.62. The molecule has 0 spiro atoms. The van der Waals surface area contributed by atoms with Crippen molar-refractivity contribution >= 4 is 18.1 Å². The number of hydrogen-bond donors (Lipinski definition) is 2. The van der Waals surface area contributed by atoms with Crippen LogP contribution < -0.4 is 5.32 Å². The van der Waals surface area contributed by atoms with E-state index < -0.39 is 0 Å². The van der Waals surface area contributed by atoms with Crippen molar-refractivity contribution in [2.24, 2.45) is 0 Å². The molecule has 0 aliphatic rings. The first-order valence-electron chi connectivity index (χ1n) is 3.00. The van der Waals surface area contributed by atoms with Gasteiger partial charge in [0.15, 0.2) is 0 Å². The van der Waals surface area contributed by atoms with E-state index in [1.165, 1.54) is 12.5 Å². The van der Waals surface area contributed by atoms with E-state index in [4.69, 9.17) is 12.2 Å². The van der Waals surface area contributed by atoms with Gasteiger partial charge in [0.1, 0.15) is 4.64 Å². The normalized spacial score (nSPS) is 9.18. The second kappa shape index (κ2) is 3.25. The van der Waals surface area contributed by atoms with Crippen LogP contribution in [0.1, 0.15) is 10.4 Å². The third-order valence-electron chi connectivity index (χ3n) is 1.19. The molecule has 1 aromatic heterocycles.